The van der Waals surface area contributed by atoms with Crippen molar-refractivity contribution in [1.29, 1.82) is 0 Å². The van der Waals surface area contributed by atoms with Crippen LogP contribution in [0.5, 0.6) is 11.5 Å². The number of carbonyl (C=O) groups is 2. The molecule has 0 saturated carbocycles. The van der Waals surface area contributed by atoms with Crippen LogP contribution in [0.1, 0.15) is 12.5 Å². The summed E-state index contributed by atoms with van der Waals surface area (Å²) in [6.45, 7) is 2.20. The molecule has 0 unspecified atom stereocenters. The van der Waals surface area contributed by atoms with Crippen molar-refractivity contribution in [2.45, 2.75) is 6.92 Å². The number of aromatic hydroxyl groups is 1. The molecular formula is C18H15ClN2O4. The predicted molar refractivity (Wildman–Crippen MR) is 94.7 cm³/mol. The average molecular weight is 359 g/mol. The van der Waals surface area contributed by atoms with E-state index in [1.165, 1.54) is 6.08 Å². The summed E-state index contributed by atoms with van der Waals surface area (Å²) in [5.41, 5.74) is 0.832. The van der Waals surface area contributed by atoms with E-state index in [0.717, 1.165) is 4.90 Å². The Morgan fingerprint density at radius 2 is 1.92 bits per heavy atom. The highest BCUT2D eigenvalue weighted by atomic mass is 35.5. The lowest BCUT2D eigenvalue weighted by Crippen LogP contribution is -2.30. The molecule has 2 aromatic carbocycles. The summed E-state index contributed by atoms with van der Waals surface area (Å²) in [5.74, 6) is -0.305. The highest BCUT2D eigenvalue weighted by molar-refractivity contribution is 6.31. The first-order valence-electron chi connectivity index (χ1n) is 7.58. The molecule has 0 aromatic heterocycles. The van der Waals surface area contributed by atoms with Crippen LogP contribution in [-0.4, -0.2) is 23.7 Å². The first kappa shape index (κ1) is 16.9. The van der Waals surface area contributed by atoms with Gasteiger partial charge in [-0.15, -0.1) is 0 Å². The standard InChI is InChI=1S/C18H15ClN2O4/c1-2-25-15-5-3-4-11(16(15)22)10-14-17(23)21(18(24)20-14)13-8-6-12(19)7-9-13/h3-10,22H,2H2,1H3,(H,20,24)/b14-10+. The van der Waals surface area contributed by atoms with Gasteiger partial charge in [-0.25, -0.2) is 9.69 Å². The van der Waals surface area contributed by atoms with Gasteiger partial charge in [-0.05, 0) is 43.3 Å². The van der Waals surface area contributed by atoms with Crippen LogP contribution in [-0.2, 0) is 4.79 Å². The Bertz CT molecular complexity index is 862. The van der Waals surface area contributed by atoms with Crippen molar-refractivity contribution in [1.82, 2.24) is 5.32 Å². The molecule has 0 radical (unpaired) electrons. The van der Waals surface area contributed by atoms with Gasteiger partial charge >= 0.3 is 6.03 Å². The normalized spacial score (nSPS) is 15.6. The second kappa shape index (κ2) is 6.86. The Hall–Kier alpha value is -2.99. The number of hydrogen-bond acceptors (Lipinski definition) is 4. The van der Waals surface area contributed by atoms with Crippen LogP contribution in [0.3, 0.4) is 0 Å². The largest absolute Gasteiger partial charge is 0.504 e. The number of nitrogens with one attached hydrogen (secondary N) is 1. The van der Waals surface area contributed by atoms with Crippen molar-refractivity contribution < 1.29 is 19.4 Å². The maximum absolute atomic E-state index is 12.6. The third-order valence-corrected chi connectivity index (χ3v) is 3.84. The second-order valence-electron chi connectivity index (χ2n) is 5.23. The van der Waals surface area contributed by atoms with Gasteiger partial charge in [-0.3, -0.25) is 4.79 Å². The van der Waals surface area contributed by atoms with Gasteiger partial charge in [-0.2, -0.15) is 0 Å². The molecular weight excluding hydrogens is 344 g/mol. The Morgan fingerprint density at radius 3 is 2.60 bits per heavy atom. The summed E-state index contributed by atoms with van der Waals surface area (Å²) < 4.78 is 5.32. The lowest BCUT2D eigenvalue weighted by molar-refractivity contribution is -0.113. The Labute approximate surface area is 149 Å². The summed E-state index contributed by atoms with van der Waals surface area (Å²) in [4.78, 5) is 25.7. The van der Waals surface area contributed by atoms with Crippen molar-refractivity contribution >= 4 is 35.3 Å². The molecule has 25 heavy (non-hydrogen) atoms. The van der Waals surface area contributed by atoms with Crippen LogP contribution in [0.15, 0.2) is 48.2 Å². The highest BCUT2D eigenvalue weighted by Gasteiger charge is 2.35. The number of rotatable bonds is 4. The van der Waals surface area contributed by atoms with Gasteiger partial charge in [-0.1, -0.05) is 23.7 Å². The van der Waals surface area contributed by atoms with E-state index in [9.17, 15) is 14.7 Å². The van der Waals surface area contributed by atoms with Gasteiger partial charge in [0.05, 0.1) is 12.3 Å². The van der Waals surface area contributed by atoms with Crippen LogP contribution < -0.4 is 15.0 Å². The number of hydrogen-bond donors (Lipinski definition) is 2. The molecule has 1 fully saturated rings. The van der Waals surface area contributed by atoms with E-state index in [4.69, 9.17) is 16.3 Å². The lowest BCUT2D eigenvalue weighted by atomic mass is 10.1. The van der Waals surface area contributed by atoms with E-state index >= 15 is 0 Å². The maximum atomic E-state index is 12.6. The van der Waals surface area contributed by atoms with Crippen molar-refractivity contribution in [3.8, 4) is 11.5 Å². The number of urea groups is 1. The molecule has 0 bridgehead atoms. The minimum atomic E-state index is -0.570. The fourth-order valence-corrected chi connectivity index (χ4v) is 2.57. The zero-order valence-corrected chi connectivity index (χ0v) is 14.1. The van der Waals surface area contributed by atoms with Gasteiger partial charge in [0, 0.05) is 10.6 Å². The van der Waals surface area contributed by atoms with Gasteiger partial charge in [0.15, 0.2) is 11.5 Å². The number of ether oxygens (including phenoxy) is 1. The van der Waals surface area contributed by atoms with Gasteiger partial charge in [0.2, 0.25) is 0 Å². The van der Waals surface area contributed by atoms with E-state index in [1.54, 1.807) is 49.4 Å². The highest BCUT2D eigenvalue weighted by Crippen LogP contribution is 2.32. The zero-order chi connectivity index (χ0) is 18.0. The lowest BCUT2D eigenvalue weighted by Gasteiger charge is -2.11. The van der Waals surface area contributed by atoms with Crippen LogP contribution >= 0.6 is 11.6 Å². The van der Waals surface area contributed by atoms with Crippen LogP contribution in [0.4, 0.5) is 10.5 Å². The molecule has 1 heterocycles. The molecule has 2 N–H and O–H groups in total. The van der Waals surface area contributed by atoms with Crippen molar-refractivity contribution in [3.63, 3.8) is 0 Å². The smallest absolute Gasteiger partial charge is 0.333 e. The molecule has 6 nitrogen and oxygen atoms in total. The molecule has 0 aliphatic carbocycles. The number of nitrogens with zero attached hydrogens (tertiary/aromatic N) is 1. The summed E-state index contributed by atoms with van der Waals surface area (Å²) in [6, 6.07) is 10.7. The van der Waals surface area contributed by atoms with E-state index in [0.29, 0.717) is 28.6 Å². The van der Waals surface area contributed by atoms with Gasteiger partial charge < -0.3 is 15.2 Å². The van der Waals surface area contributed by atoms with E-state index < -0.39 is 11.9 Å². The van der Waals surface area contributed by atoms with Crippen molar-refractivity contribution in [3.05, 3.63) is 58.7 Å². The van der Waals surface area contributed by atoms with E-state index in [-0.39, 0.29) is 11.4 Å². The van der Waals surface area contributed by atoms with Crippen molar-refractivity contribution in [2.24, 2.45) is 0 Å². The number of phenols is 1. The topological polar surface area (TPSA) is 78.9 Å². The molecule has 1 saturated heterocycles. The molecule has 128 valence electrons. The van der Waals surface area contributed by atoms with Crippen molar-refractivity contribution in [2.75, 3.05) is 11.5 Å². The van der Waals surface area contributed by atoms with E-state index in [1.807, 2.05) is 0 Å². The first-order valence-corrected chi connectivity index (χ1v) is 7.96. The minimum Gasteiger partial charge on any atom is -0.504 e. The molecule has 1 aliphatic rings. The number of amides is 3. The summed E-state index contributed by atoms with van der Waals surface area (Å²) in [7, 11) is 0. The first-order chi connectivity index (χ1) is 12.0. The van der Waals surface area contributed by atoms with E-state index in [2.05, 4.69) is 5.32 Å². The van der Waals surface area contributed by atoms with Crippen LogP contribution in [0.25, 0.3) is 6.08 Å². The maximum Gasteiger partial charge on any atom is 0.333 e. The fourth-order valence-electron chi connectivity index (χ4n) is 2.44. The Balaban J connectivity index is 1.93. The number of phenolic OH excluding ortho intramolecular Hbond substituents is 1. The number of anilines is 1. The Kier molecular flexibility index (Phi) is 4.63. The summed E-state index contributed by atoms with van der Waals surface area (Å²) in [5, 5.41) is 13.2. The summed E-state index contributed by atoms with van der Waals surface area (Å²) >= 11 is 5.83. The molecule has 1 aliphatic heterocycles. The SMILES string of the molecule is CCOc1cccc(/C=C2/NC(=O)N(c3ccc(Cl)cc3)C2=O)c1O. The monoisotopic (exact) mass is 358 g/mol. The molecule has 0 spiro atoms. The molecule has 7 heteroatoms. The summed E-state index contributed by atoms with van der Waals surface area (Å²) in [6.07, 6.45) is 1.41. The van der Waals surface area contributed by atoms with Crippen LogP contribution in [0, 0.1) is 0 Å². The zero-order valence-electron chi connectivity index (χ0n) is 13.3. The molecule has 3 amide bonds. The Morgan fingerprint density at radius 1 is 1.20 bits per heavy atom. The molecule has 2 aromatic rings. The number of imide groups is 1. The predicted octanol–water partition coefficient (Wildman–Crippen LogP) is 3.54. The third kappa shape index (κ3) is 3.29. The number of benzene rings is 2. The average Bonchev–Trinajstić information content (AvgIpc) is 2.86. The molecule has 0 atom stereocenters. The number of carbonyl (C=O) groups excluding carboxylic acids is 2. The fraction of sp³-hybridized carbons (Fsp3) is 0.111. The van der Waals surface area contributed by atoms with Gasteiger partial charge in [0.25, 0.3) is 5.91 Å². The van der Waals surface area contributed by atoms with Gasteiger partial charge in [0.1, 0.15) is 5.70 Å². The molecule has 3 rings (SSSR count). The third-order valence-electron chi connectivity index (χ3n) is 3.59. The van der Waals surface area contributed by atoms with Crippen LogP contribution in [0.2, 0.25) is 5.02 Å². The number of para-hydroxylation sites is 1. The quantitative estimate of drug-likeness (QED) is 0.647. The minimum absolute atomic E-state index is 0.0592. The number of halogens is 1. The second-order valence-corrected chi connectivity index (χ2v) is 5.67.